The van der Waals surface area contributed by atoms with E-state index in [9.17, 15) is 0 Å². The van der Waals surface area contributed by atoms with Crippen LogP contribution in [0.1, 0.15) is 48.3 Å². The summed E-state index contributed by atoms with van der Waals surface area (Å²) in [6.07, 6.45) is 2.57. The smallest absolute Gasteiger partial charge is 0.191 e. The van der Waals surface area contributed by atoms with E-state index < -0.39 is 0 Å². The Morgan fingerprint density at radius 2 is 2.03 bits per heavy atom. The van der Waals surface area contributed by atoms with Crippen LogP contribution in [0.3, 0.4) is 0 Å². The van der Waals surface area contributed by atoms with Crippen LogP contribution in [0, 0.1) is 13.8 Å². The summed E-state index contributed by atoms with van der Waals surface area (Å²) >= 11 is 0. The van der Waals surface area contributed by atoms with Crippen molar-refractivity contribution in [3.8, 4) is 0 Å². The van der Waals surface area contributed by atoms with Crippen LogP contribution in [0.4, 0.5) is 5.69 Å². The third-order valence-electron chi connectivity index (χ3n) is 5.89. The highest BCUT2D eigenvalue weighted by Gasteiger charge is 2.15. The summed E-state index contributed by atoms with van der Waals surface area (Å²) in [7, 11) is 3.52. The number of guanidine groups is 1. The van der Waals surface area contributed by atoms with E-state index in [0.29, 0.717) is 13.2 Å². The number of nitrogens with zero attached hydrogens (tertiary/aromatic N) is 4. The number of hydrogen-bond acceptors (Lipinski definition) is 4. The van der Waals surface area contributed by atoms with Crippen LogP contribution < -0.4 is 15.5 Å². The lowest BCUT2D eigenvalue weighted by Gasteiger charge is -2.22. The summed E-state index contributed by atoms with van der Waals surface area (Å²) in [6.45, 7) is 10.8. The summed E-state index contributed by atoms with van der Waals surface area (Å²) < 4.78 is 7.20. The molecule has 1 aromatic heterocycles. The van der Waals surface area contributed by atoms with Gasteiger partial charge in [-0.05, 0) is 51.3 Å². The first-order valence-corrected chi connectivity index (χ1v) is 10.9. The fourth-order valence-electron chi connectivity index (χ4n) is 4.01. The Hall–Kier alpha value is -2.54. The minimum Gasteiger partial charge on any atom is -0.383 e. The molecule has 164 valence electrons. The molecule has 0 radical (unpaired) electrons. The van der Waals surface area contributed by atoms with Gasteiger partial charge >= 0.3 is 0 Å². The second-order valence-corrected chi connectivity index (χ2v) is 7.95. The van der Waals surface area contributed by atoms with Gasteiger partial charge in [0.25, 0.3) is 0 Å². The van der Waals surface area contributed by atoms with Crippen LogP contribution in [-0.4, -0.2) is 49.6 Å². The molecule has 2 aromatic rings. The number of hydrogen-bond donors (Lipinski definition) is 2. The molecule has 0 bridgehead atoms. The molecule has 1 aromatic carbocycles. The number of methoxy groups -OCH3 is 1. The second-order valence-electron chi connectivity index (χ2n) is 7.95. The Labute approximate surface area is 180 Å². The maximum atomic E-state index is 5.18. The van der Waals surface area contributed by atoms with Crippen molar-refractivity contribution >= 4 is 11.6 Å². The van der Waals surface area contributed by atoms with E-state index in [1.165, 1.54) is 35.3 Å². The quantitative estimate of drug-likeness (QED) is 0.515. The lowest BCUT2D eigenvalue weighted by Crippen LogP contribution is -2.38. The maximum Gasteiger partial charge on any atom is 0.191 e. The van der Waals surface area contributed by atoms with Gasteiger partial charge in [-0.1, -0.05) is 12.1 Å². The van der Waals surface area contributed by atoms with Gasteiger partial charge in [-0.2, -0.15) is 5.10 Å². The first-order valence-electron chi connectivity index (χ1n) is 10.9. The van der Waals surface area contributed by atoms with Crippen molar-refractivity contribution in [2.75, 3.05) is 38.8 Å². The van der Waals surface area contributed by atoms with Crippen LogP contribution in [0.2, 0.25) is 0 Å². The molecule has 7 nitrogen and oxygen atoms in total. The molecule has 30 heavy (non-hydrogen) atoms. The fourth-order valence-corrected chi connectivity index (χ4v) is 4.01. The molecule has 2 N–H and O–H groups in total. The third kappa shape index (κ3) is 5.33. The van der Waals surface area contributed by atoms with E-state index in [-0.39, 0.29) is 6.04 Å². The third-order valence-corrected chi connectivity index (χ3v) is 5.89. The number of aromatic nitrogens is 2. The molecule has 0 saturated carbocycles. The van der Waals surface area contributed by atoms with Crippen molar-refractivity contribution in [2.45, 2.75) is 52.7 Å². The number of aryl methyl sites for hydroxylation is 1. The molecule has 0 amide bonds. The van der Waals surface area contributed by atoms with Crippen molar-refractivity contribution < 1.29 is 4.74 Å². The second kappa shape index (κ2) is 10.5. The predicted molar refractivity (Wildman–Crippen MR) is 123 cm³/mol. The van der Waals surface area contributed by atoms with Crippen LogP contribution in [0.15, 0.2) is 29.3 Å². The number of benzene rings is 1. The van der Waals surface area contributed by atoms with Gasteiger partial charge in [0.05, 0.1) is 24.9 Å². The summed E-state index contributed by atoms with van der Waals surface area (Å²) in [5.74, 6) is 0.789. The monoisotopic (exact) mass is 412 g/mol. The molecule has 1 saturated heterocycles. The minimum atomic E-state index is 0.158. The van der Waals surface area contributed by atoms with Gasteiger partial charge in [-0.25, -0.2) is 0 Å². The highest BCUT2D eigenvalue weighted by Crippen LogP contribution is 2.24. The number of aliphatic imine (C=N–C) groups is 1. The minimum absolute atomic E-state index is 0.158. The van der Waals surface area contributed by atoms with Crippen LogP contribution in [0.5, 0.6) is 0 Å². The molecular formula is C23H36N6O. The van der Waals surface area contributed by atoms with Gasteiger partial charge in [-0.15, -0.1) is 0 Å². The zero-order valence-electron chi connectivity index (χ0n) is 19.0. The van der Waals surface area contributed by atoms with Gasteiger partial charge in [-0.3, -0.25) is 9.67 Å². The summed E-state index contributed by atoms with van der Waals surface area (Å²) in [5, 5.41) is 11.6. The van der Waals surface area contributed by atoms with E-state index in [2.05, 4.69) is 70.7 Å². The molecule has 1 atom stereocenters. The Morgan fingerprint density at radius 3 is 2.73 bits per heavy atom. The van der Waals surface area contributed by atoms with Crippen LogP contribution in [0.25, 0.3) is 0 Å². The summed E-state index contributed by atoms with van der Waals surface area (Å²) in [5.41, 5.74) is 5.99. The maximum absolute atomic E-state index is 5.18. The molecule has 1 fully saturated rings. The number of nitrogens with one attached hydrogen (secondary N) is 2. The SMILES string of the molecule is CN=C(NCc1c(C)nn(CCOC)c1C)NC(C)c1cccc(N2CCCC2)c1. The van der Waals surface area contributed by atoms with Gasteiger partial charge < -0.3 is 20.3 Å². The van der Waals surface area contributed by atoms with Crippen LogP contribution in [-0.2, 0) is 17.8 Å². The van der Waals surface area contributed by atoms with Crippen molar-refractivity contribution in [2.24, 2.45) is 4.99 Å². The molecule has 2 heterocycles. The lowest BCUT2D eigenvalue weighted by atomic mass is 10.1. The van der Waals surface area contributed by atoms with Gasteiger partial charge in [0.2, 0.25) is 0 Å². The van der Waals surface area contributed by atoms with Gasteiger partial charge in [0.1, 0.15) is 0 Å². The Kier molecular flexibility index (Phi) is 7.74. The molecule has 1 aliphatic heterocycles. The first kappa shape index (κ1) is 22.2. The number of anilines is 1. The highest BCUT2D eigenvalue weighted by molar-refractivity contribution is 5.80. The molecular weight excluding hydrogens is 376 g/mol. The first-order chi connectivity index (χ1) is 14.5. The van der Waals surface area contributed by atoms with Gasteiger partial charge in [0.15, 0.2) is 5.96 Å². The highest BCUT2D eigenvalue weighted by atomic mass is 16.5. The van der Waals surface area contributed by atoms with Crippen molar-refractivity contribution in [1.82, 2.24) is 20.4 Å². The Morgan fingerprint density at radius 1 is 1.27 bits per heavy atom. The zero-order chi connectivity index (χ0) is 21.5. The fraction of sp³-hybridized carbons (Fsp3) is 0.565. The molecule has 1 unspecified atom stereocenters. The summed E-state index contributed by atoms with van der Waals surface area (Å²) in [4.78, 5) is 6.89. The van der Waals surface area contributed by atoms with Crippen molar-refractivity contribution in [3.05, 3.63) is 46.8 Å². The van der Waals surface area contributed by atoms with E-state index in [1.807, 2.05) is 11.7 Å². The van der Waals surface area contributed by atoms with E-state index in [1.54, 1.807) is 7.11 Å². The van der Waals surface area contributed by atoms with E-state index in [0.717, 1.165) is 31.3 Å². The lowest BCUT2D eigenvalue weighted by molar-refractivity contribution is 0.182. The number of ether oxygens (including phenoxy) is 1. The van der Waals surface area contributed by atoms with Crippen molar-refractivity contribution in [1.29, 1.82) is 0 Å². The molecule has 7 heteroatoms. The van der Waals surface area contributed by atoms with E-state index in [4.69, 9.17) is 4.74 Å². The molecule has 0 aliphatic carbocycles. The van der Waals surface area contributed by atoms with Crippen LogP contribution >= 0.6 is 0 Å². The standard InChI is InChI=1S/C23H36N6O/c1-17(20-9-8-10-21(15-20)28-11-6-7-12-28)26-23(24-4)25-16-22-18(2)27-29(19(22)3)13-14-30-5/h8-10,15,17H,6-7,11-14,16H2,1-5H3,(H2,24,25,26). The Balaban J connectivity index is 1.61. The average Bonchev–Trinajstić information content (AvgIpc) is 3.38. The largest absolute Gasteiger partial charge is 0.383 e. The Bertz CT molecular complexity index is 853. The topological polar surface area (TPSA) is 66.7 Å². The van der Waals surface area contributed by atoms with Gasteiger partial charge in [0, 0.05) is 50.7 Å². The average molecular weight is 413 g/mol. The zero-order valence-corrected chi connectivity index (χ0v) is 19.0. The molecule has 3 rings (SSSR count). The molecule has 1 aliphatic rings. The van der Waals surface area contributed by atoms with Crippen molar-refractivity contribution in [3.63, 3.8) is 0 Å². The molecule has 0 spiro atoms. The summed E-state index contributed by atoms with van der Waals surface area (Å²) in [6, 6.07) is 8.99. The van der Waals surface area contributed by atoms with E-state index >= 15 is 0 Å². The predicted octanol–water partition coefficient (Wildman–Crippen LogP) is 3.17. The number of rotatable bonds is 8. The normalized spacial score (nSPS) is 15.5.